The Hall–Kier alpha value is -1.28. The van der Waals surface area contributed by atoms with E-state index in [0.29, 0.717) is 25.4 Å². The Morgan fingerprint density at radius 2 is 1.92 bits per heavy atom. The topological polar surface area (TPSA) is 89.9 Å². The smallest absolute Gasteiger partial charge is 0.321 e. The quantitative estimate of drug-likeness (QED) is 0.706. The fraction of sp³-hybridized carbons (Fsp3) is 0.882. The molecule has 3 N–H and O–H groups in total. The molecule has 0 bridgehead atoms. The fourth-order valence-electron chi connectivity index (χ4n) is 5.01. The van der Waals surface area contributed by atoms with Gasteiger partial charge in [0.05, 0.1) is 6.54 Å². The van der Waals surface area contributed by atoms with Gasteiger partial charge in [-0.2, -0.15) is 0 Å². The van der Waals surface area contributed by atoms with Gasteiger partial charge in [0.15, 0.2) is 0 Å². The molecule has 0 unspecified atom stereocenters. The van der Waals surface area contributed by atoms with Gasteiger partial charge < -0.3 is 15.5 Å². The Morgan fingerprint density at radius 1 is 1.20 bits per heavy atom. The second kappa shape index (κ2) is 6.46. The van der Waals surface area contributed by atoms with Crippen molar-refractivity contribution in [3.63, 3.8) is 0 Å². The molecular weight excluding hydrogens is 334 g/mol. The van der Waals surface area contributed by atoms with Gasteiger partial charge in [0, 0.05) is 13.0 Å². The normalized spacial score (nSPS) is 41.2. The van der Waals surface area contributed by atoms with Crippen LogP contribution in [0.3, 0.4) is 0 Å². The molecule has 3 fully saturated rings. The Balaban J connectivity index is 1.68. The molecule has 3 rings (SSSR count). The van der Waals surface area contributed by atoms with Crippen LogP contribution in [0.5, 0.6) is 0 Å². The zero-order valence-corrected chi connectivity index (χ0v) is 14.4. The lowest BCUT2D eigenvalue weighted by Gasteiger charge is -2.48. The molecule has 0 radical (unpaired) electrons. The van der Waals surface area contributed by atoms with Crippen LogP contribution in [-0.2, 0) is 9.59 Å². The molecule has 25 heavy (non-hydrogen) atoms. The lowest BCUT2D eigenvalue weighted by molar-refractivity contribution is -0.144. The van der Waals surface area contributed by atoms with Gasteiger partial charge in [-0.15, -0.1) is 0 Å². The number of alkyl halides is 2. The predicted octanol–water partition coefficient (Wildman–Crippen LogP) is 1.65. The molecule has 0 spiro atoms. The van der Waals surface area contributed by atoms with Crippen LogP contribution < -0.4 is 5.32 Å². The van der Waals surface area contributed by atoms with Crippen molar-refractivity contribution in [2.45, 2.75) is 57.0 Å². The van der Waals surface area contributed by atoms with Crippen LogP contribution >= 0.6 is 0 Å². The number of piperidine rings is 1. The zero-order chi connectivity index (χ0) is 18.4. The number of aliphatic carboxylic acids is 2. The number of halogens is 2. The molecule has 0 aromatic rings. The average molecular weight is 360 g/mol. The van der Waals surface area contributed by atoms with E-state index in [1.165, 1.54) is 4.90 Å². The molecule has 6 nitrogen and oxygen atoms in total. The number of hydrogen-bond donors (Lipinski definition) is 3. The third-order valence-corrected chi connectivity index (χ3v) is 6.24. The maximum absolute atomic E-state index is 13.7. The summed E-state index contributed by atoms with van der Waals surface area (Å²) in [5.41, 5.74) is -0.254. The molecule has 2 heterocycles. The average Bonchev–Trinajstić information content (AvgIpc) is 2.80. The van der Waals surface area contributed by atoms with Crippen molar-refractivity contribution >= 4 is 11.9 Å². The van der Waals surface area contributed by atoms with Crippen LogP contribution in [0.15, 0.2) is 0 Å². The maximum atomic E-state index is 13.7. The number of nitrogens with one attached hydrogen (secondary N) is 1. The number of rotatable bonds is 4. The number of nitrogens with zero attached hydrogens (tertiary/aromatic N) is 1. The summed E-state index contributed by atoms with van der Waals surface area (Å²) < 4.78 is 27.4. The minimum absolute atomic E-state index is 0.243. The monoisotopic (exact) mass is 360 g/mol. The Bertz CT molecular complexity index is 559. The predicted molar refractivity (Wildman–Crippen MR) is 85.5 cm³/mol. The van der Waals surface area contributed by atoms with Crippen molar-refractivity contribution in [2.75, 3.05) is 19.6 Å². The summed E-state index contributed by atoms with van der Waals surface area (Å²) in [6, 6.07) is -1.68. The molecule has 2 saturated heterocycles. The summed E-state index contributed by atoms with van der Waals surface area (Å²) >= 11 is 0. The molecule has 1 aliphatic carbocycles. The van der Waals surface area contributed by atoms with E-state index in [2.05, 4.69) is 5.32 Å². The van der Waals surface area contributed by atoms with Gasteiger partial charge in [-0.05, 0) is 49.5 Å². The van der Waals surface area contributed by atoms with E-state index in [0.717, 1.165) is 19.3 Å². The van der Waals surface area contributed by atoms with Gasteiger partial charge >= 0.3 is 11.9 Å². The van der Waals surface area contributed by atoms with E-state index in [4.69, 9.17) is 0 Å². The first-order chi connectivity index (χ1) is 11.6. The van der Waals surface area contributed by atoms with Gasteiger partial charge in [-0.3, -0.25) is 14.5 Å². The SMILES string of the molecule is C[C@]1(CN2CC(F)(F)C[C@H]2C(=O)O)CC[C@H]2CN[C@H](C(=O)O)C[C@H]2C1. The number of carboxylic acids is 2. The third kappa shape index (κ3) is 3.95. The van der Waals surface area contributed by atoms with Crippen molar-refractivity contribution in [2.24, 2.45) is 17.3 Å². The highest BCUT2D eigenvalue weighted by Gasteiger charge is 2.51. The van der Waals surface area contributed by atoms with E-state index < -0.39 is 42.9 Å². The molecule has 142 valence electrons. The van der Waals surface area contributed by atoms with Crippen molar-refractivity contribution in [3.8, 4) is 0 Å². The van der Waals surface area contributed by atoms with Gasteiger partial charge in [0.2, 0.25) is 0 Å². The Labute approximate surface area is 145 Å². The van der Waals surface area contributed by atoms with Gasteiger partial charge in [0.25, 0.3) is 5.92 Å². The van der Waals surface area contributed by atoms with Gasteiger partial charge in [-0.1, -0.05) is 6.92 Å². The number of likely N-dealkylation sites (tertiary alicyclic amines) is 1. The van der Waals surface area contributed by atoms with Crippen molar-refractivity contribution in [1.29, 1.82) is 0 Å². The number of carbonyl (C=O) groups is 2. The summed E-state index contributed by atoms with van der Waals surface area (Å²) in [6.07, 6.45) is 2.45. The lowest BCUT2D eigenvalue weighted by Crippen LogP contribution is -2.52. The highest BCUT2D eigenvalue weighted by Crippen LogP contribution is 2.47. The highest BCUT2D eigenvalue weighted by molar-refractivity contribution is 5.74. The van der Waals surface area contributed by atoms with Crippen LogP contribution in [-0.4, -0.2) is 64.7 Å². The molecule has 0 amide bonds. The van der Waals surface area contributed by atoms with E-state index in [9.17, 15) is 28.6 Å². The molecular formula is C17H26F2N2O4. The second-order valence-corrected chi connectivity index (χ2v) is 8.43. The highest BCUT2D eigenvalue weighted by atomic mass is 19.3. The van der Waals surface area contributed by atoms with Crippen molar-refractivity contribution in [3.05, 3.63) is 0 Å². The number of carboxylic acid groups (broad SMARTS) is 2. The molecule has 0 aromatic heterocycles. The maximum Gasteiger partial charge on any atom is 0.321 e. The molecule has 2 aliphatic heterocycles. The first kappa shape index (κ1) is 18.5. The van der Waals surface area contributed by atoms with Gasteiger partial charge in [0.1, 0.15) is 12.1 Å². The fourth-order valence-corrected chi connectivity index (χ4v) is 5.01. The third-order valence-electron chi connectivity index (χ3n) is 6.24. The van der Waals surface area contributed by atoms with Crippen molar-refractivity contribution < 1.29 is 28.6 Å². The molecule has 8 heteroatoms. The molecule has 5 atom stereocenters. The summed E-state index contributed by atoms with van der Waals surface area (Å²) in [4.78, 5) is 24.0. The van der Waals surface area contributed by atoms with Crippen LogP contribution in [0.25, 0.3) is 0 Å². The second-order valence-electron chi connectivity index (χ2n) is 8.43. The molecule has 1 saturated carbocycles. The standard InChI is InChI=1S/C17H26F2N2O4/c1-16(8-21-9-17(18,19)6-13(21)15(24)25)3-2-10-7-20-12(14(22)23)4-11(10)5-16/h10-13,20H,2-9H2,1H3,(H,22,23)(H,24,25)/t10-,11-,12-,13-,16-/m0/s1. The number of hydrogen-bond acceptors (Lipinski definition) is 4. The molecule has 3 aliphatic rings. The minimum Gasteiger partial charge on any atom is -0.480 e. The first-order valence-electron chi connectivity index (χ1n) is 8.89. The summed E-state index contributed by atoms with van der Waals surface area (Å²) in [7, 11) is 0. The van der Waals surface area contributed by atoms with Crippen LogP contribution in [0, 0.1) is 17.3 Å². The summed E-state index contributed by atoms with van der Waals surface area (Å²) in [5, 5.41) is 21.6. The van der Waals surface area contributed by atoms with E-state index in [1.54, 1.807) is 0 Å². The number of fused-ring (bicyclic) bond motifs is 1. The summed E-state index contributed by atoms with van der Waals surface area (Å²) in [5.74, 6) is -4.34. The summed E-state index contributed by atoms with van der Waals surface area (Å²) in [6.45, 7) is 2.52. The largest absolute Gasteiger partial charge is 0.480 e. The van der Waals surface area contributed by atoms with Crippen LogP contribution in [0.2, 0.25) is 0 Å². The van der Waals surface area contributed by atoms with Crippen LogP contribution in [0.1, 0.15) is 39.0 Å². The van der Waals surface area contributed by atoms with Crippen molar-refractivity contribution in [1.82, 2.24) is 10.2 Å². The molecule has 0 aromatic carbocycles. The van der Waals surface area contributed by atoms with Crippen LogP contribution in [0.4, 0.5) is 8.78 Å². The Kier molecular flexibility index (Phi) is 4.79. The van der Waals surface area contributed by atoms with E-state index >= 15 is 0 Å². The van der Waals surface area contributed by atoms with E-state index in [-0.39, 0.29) is 11.3 Å². The Morgan fingerprint density at radius 3 is 2.56 bits per heavy atom. The van der Waals surface area contributed by atoms with E-state index in [1.807, 2.05) is 6.92 Å². The first-order valence-corrected chi connectivity index (χ1v) is 8.89. The lowest BCUT2D eigenvalue weighted by atomic mass is 9.63. The zero-order valence-electron chi connectivity index (χ0n) is 14.4. The minimum atomic E-state index is -2.96. The van der Waals surface area contributed by atoms with Gasteiger partial charge in [-0.25, -0.2) is 8.78 Å².